The van der Waals surface area contributed by atoms with Gasteiger partial charge in [0.15, 0.2) is 0 Å². The molecule has 0 saturated carbocycles. The summed E-state index contributed by atoms with van der Waals surface area (Å²) in [5, 5.41) is 17.3. The lowest BCUT2D eigenvalue weighted by Gasteiger charge is -2.04. The van der Waals surface area contributed by atoms with E-state index in [9.17, 15) is 13.6 Å². The van der Waals surface area contributed by atoms with Crippen LogP contribution in [-0.2, 0) is 0 Å². The lowest BCUT2D eigenvalue weighted by molar-refractivity contribution is 0.0996. The van der Waals surface area contributed by atoms with Crippen LogP contribution in [0.25, 0.3) is 0 Å². The van der Waals surface area contributed by atoms with Crippen LogP contribution in [-0.4, -0.2) is 23.1 Å². The van der Waals surface area contributed by atoms with E-state index >= 15 is 0 Å². The third-order valence-electron chi connectivity index (χ3n) is 1.63. The van der Waals surface area contributed by atoms with E-state index in [0.717, 1.165) is 0 Å². The molecule has 4 nitrogen and oxygen atoms in total. The molecule has 0 atom stereocenters. The van der Waals surface area contributed by atoms with Gasteiger partial charge in [0.25, 0.3) is 5.91 Å². The Labute approximate surface area is 78.1 Å². The van der Waals surface area contributed by atoms with E-state index in [2.05, 4.69) is 0 Å². The molecule has 0 heterocycles. The number of amides is 1. The number of rotatable bonds is 2. The van der Waals surface area contributed by atoms with Crippen LogP contribution >= 0.6 is 0 Å². The van der Waals surface area contributed by atoms with E-state index < -0.39 is 35.7 Å². The summed E-state index contributed by atoms with van der Waals surface area (Å²) in [6.45, 7) is 0. The molecule has 1 rings (SSSR count). The molecule has 0 fully saturated rings. The van der Waals surface area contributed by atoms with Gasteiger partial charge in [0.1, 0.15) is 11.6 Å². The highest BCUT2D eigenvalue weighted by Gasteiger charge is 2.21. The van der Waals surface area contributed by atoms with E-state index in [-0.39, 0.29) is 0 Å². The Hall–Kier alpha value is -1.47. The van der Waals surface area contributed by atoms with E-state index in [1.54, 1.807) is 0 Å². The summed E-state index contributed by atoms with van der Waals surface area (Å²) in [6, 6.07) is 1.03. The molecule has 0 aliphatic heterocycles. The second kappa shape index (κ2) is 3.73. The fraction of sp³-hybridized carbons (Fsp3) is 0. The van der Waals surface area contributed by atoms with Crippen LogP contribution < -0.4 is 11.2 Å². The number of nitrogens with two attached hydrogens (primary N) is 1. The van der Waals surface area contributed by atoms with Gasteiger partial charge in [-0.1, -0.05) is 0 Å². The first-order valence-electron chi connectivity index (χ1n) is 3.58. The van der Waals surface area contributed by atoms with Crippen LogP contribution in [0.5, 0.6) is 0 Å². The molecule has 0 aliphatic rings. The maximum Gasteiger partial charge on any atom is 0.491 e. The maximum absolute atomic E-state index is 12.8. The zero-order chi connectivity index (χ0) is 10.9. The molecule has 1 aromatic carbocycles. The topological polar surface area (TPSA) is 83.6 Å². The number of hydrogen-bond donors (Lipinski definition) is 3. The fourth-order valence-corrected chi connectivity index (χ4v) is 0.952. The minimum absolute atomic E-state index is 0.370. The quantitative estimate of drug-likeness (QED) is 0.522. The van der Waals surface area contributed by atoms with Crippen LogP contribution in [0.3, 0.4) is 0 Å². The fourth-order valence-electron chi connectivity index (χ4n) is 0.952. The number of primary amides is 1. The van der Waals surface area contributed by atoms with Gasteiger partial charge in [-0.15, -0.1) is 0 Å². The average Bonchev–Trinajstić information content (AvgIpc) is 2.02. The van der Waals surface area contributed by atoms with Crippen molar-refractivity contribution in [3.05, 3.63) is 29.3 Å². The zero-order valence-electron chi connectivity index (χ0n) is 6.87. The number of carbonyl (C=O) groups excluding carboxylic acids is 1. The van der Waals surface area contributed by atoms with Crippen molar-refractivity contribution in [1.29, 1.82) is 0 Å². The van der Waals surface area contributed by atoms with Gasteiger partial charge in [-0.25, -0.2) is 8.78 Å². The first-order valence-corrected chi connectivity index (χ1v) is 3.58. The van der Waals surface area contributed by atoms with Gasteiger partial charge >= 0.3 is 7.12 Å². The third-order valence-corrected chi connectivity index (χ3v) is 1.63. The first-order chi connectivity index (χ1) is 6.43. The smallest absolute Gasteiger partial charge is 0.423 e. The molecule has 0 unspecified atom stereocenters. The van der Waals surface area contributed by atoms with Gasteiger partial charge in [-0.3, -0.25) is 4.79 Å². The summed E-state index contributed by atoms with van der Waals surface area (Å²) in [6.07, 6.45) is 0. The van der Waals surface area contributed by atoms with Crippen molar-refractivity contribution < 1.29 is 23.6 Å². The van der Waals surface area contributed by atoms with Crippen LogP contribution in [0.15, 0.2) is 12.1 Å². The van der Waals surface area contributed by atoms with Crippen molar-refractivity contribution in [2.45, 2.75) is 0 Å². The van der Waals surface area contributed by atoms with Crippen molar-refractivity contribution in [3.8, 4) is 0 Å². The van der Waals surface area contributed by atoms with E-state index in [4.69, 9.17) is 15.8 Å². The summed E-state index contributed by atoms with van der Waals surface area (Å²) >= 11 is 0. The van der Waals surface area contributed by atoms with E-state index in [1.165, 1.54) is 0 Å². The van der Waals surface area contributed by atoms with Gasteiger partial charge < -0.3 is 15.8 Å². The molecule has 14 heavy (non-hydrogen) atoms. The number of benzene rings is 1. The number of halogens is 2. The first kappa shape index (κ1) is 10.6. The Bertz CT molecular complexity index is 383. The molecular formula is C7H6BF2NO3. The van der Waals surface area contributed by atoms with Crippen LogP contribution in [0.1, 0.15) is 10.4 Å². The van der Waals surface area contributed by atoms with E-state index in [0.29, 0.717) is 12.1 Å². The van der Waals surface area contributed by atoms with Gasteiger partial charge in [0, 0.05) is 11.5 Å². The highest BCUT2D eigenvalue weighted by atomic mass is 19.1. The number of hydrogen-bond acceptors (Lipinski definition) is 3. The molecule has 0 aliphatic carbocycles. The average molecular weight is 201 g/mol. The highest BCUT2D eigenvalue weighted by molar-refractivity contribution is 6.58. The zero-order valence-corrected chi connectivity index (χ0v) is 6.87. The molecule has 0 saturated heterocycles. The minimum Gasteiger partial charge on any atom is -0.423 e. The Morgan fingerprint density at radius 2 is 1.86 bits per heavy atom. The molecule has 4 N–H and O–H groups in total. The van der Waals surface area contributed by atoms with Gasteiger partial charge in [0.05, 0.1) is 5.56 Å². The molecular weight excluding hydrogens is 195 g/mol. The summed E-state index contributed by atoms with van der Waals surface area (Å²) in [4.78, 5) is 10.6. The third kappa shape index (κ3) is 1.89. The van der Waals surface area contributed by atoms with Crippen LogP contribution in [0, 0.1) is 11.6 Å². The van der Waals surface area contributed by atoms with Crippen molar-refractivity contribution in [2.24, 2.45) is 5.73 Å². The second-order valence-corrected chi connectivity index (χ2v) is 2.59. The summed E-state index contributed by atoms with van der Waals surface area (Å²) in [5.74, 6) is -3.40. The van der Waals surface area contributed by atoms with Crippen molar-refractivity contribution in [1.82, 2.24) is 0 Å². The highest BCUT2D eigenvalue weighted by Crippen LogP contribution is 2.07. The van der Waals surface area contributed by atoms with Gasteiger partial charge in [-0.2, -0.15) is 0 Å². The Balaban J connectivity index is 3.34. The van der Waals surface area contributed by atoms with Crippen LogP contribution in [0.4, 0.5) is 8.78 Å². The second-order valence-electron chi connectivity index (χ2n) is 2.59. The Kier molecular flexibility index (Phi) is 2.83. The molecule has 0 spiro atoms. The molecule has 0 aromatic heterocycles. The molecule has 0 radical (unpaired) electrons. The monoisotopic (exact) mass is 201 g/mol. The normalized spacial score (nSPS) is 10.0. The lowest BCUT2D eigenvalue weighted by Crippen LogP contribution is -2.34. The standard InChI is InChI=1S/C7H6BF2NO3/c9-5-2-6(10)4(8(13)14)1-3(5)7(11)12/h1-2,13-14H,(H2,11,12). The van der Waals surface area contributed by atoms with Crippen molar-refractivity contribution >= 4 is 18.5 Å². The van der Waals surface area contributed by atoms with Crippen LogP contribution in [0.2, 0.25) is 0 Å². The number of carbonyl (C=O) groups is 1. The maximum atomic E-state index is 12.8. The largest absolute Gasteiger partial charge is 0.491 e. The summed E-state index contributed by atoms with van der Waals surface area (Å²) in [5.41, 5.74) is 3.58. The Morgan fingerprint density at radius 3 is 2.29 bits per heavy atom. The summed E-state index contributed by atoms with van der Waals surface area (Å²) < 4.78 is 25.7. The SMILES string of the molecule is NC(=O)c1cc(B(O)O)c(F)cc1F. The van der Waals surface area contributed by atoms with Crippen molar-refractivity contribution in [2.75, 3.05) is 0 Å². The van der Waals surface area contributed by atoms with E-state index in [1.807, 2.05) is 0 Å². The van der Waals surface area contributed by atoms with Gasteiger partial charge in [0.2, 0.25) is 0 Å². The lowest BCUT2D eigenvalue weighted by atomic mass is 9.79. The molecule has 0 bridgehead atoms. The predicted octanol–water partition coefficient (Wildman–Crippen LogP) is -1.26. The van der Waals surface area contributed by atoms with Crippen molar-refractivity contribution in [3.63, 3.8) is 0 Å². The molecule has 74 valence electrons. The summed E-state index contributed by atoms with van der Waals surface area (Å²) in [7, 11) is -2.12. The molecule has 1 aromatic rings. The van der Waals surface area contributed by atoms with Gasteiger partial charge in [-0.05, 0) is 6.07 Å². The molecule has 1 amide bonds. The minimum atomic E-state index is -2.12. The molecule has 7 heteroatoms. The Morgan fingerprint density at radius 1 is 1.29 bits per heavy atom. The predicted molar refractivity (Wildman–Crippen MR) is 44.7 cm³/mol.